The highest BCUT2D eigenvalue weighted by Crippen LogP contribution is 2.27. The number of likely N-dealkylation sites (tertiary alicyclic amines) is 1. The van der Waals surface area contributed by atoms with Gasteiger partial charge < -0.3 is 15.8 Å². The molecular formula is C16H25N3O2. The van der Waals surface area contributed by atoms with Gasteiger partial charge in [-0.3, -0.25) is 9.69 Å². The van der Waals surface area contributed by atoms with Gasteiger partial charge in [-0.1, -0.05) is 0 Å². The van der Waals surface area contributed by atoms with Crippen LogP contribution in [0.1, 0.15) is 33.6 Å². The van der Waals surface area contributed by atoms with Crippen LogP contribution in [0.25, 0.3) is 0 Å². The molecule has 1 fully saturated rings. The van der Waals surface area contributed by atoms with Crippen molar-refractivity contribution < 1.29 is 9.53 Å². The molecular weight excluding hydrogens is 266 g/mol. The van der Waals surface area contributed by atoms with E-state index in [1.807, 2.05) is 6.92 Å². The third-order valence-electron chi connectivity index (χ3n) is 4.34. The van der Waals surface area contributed by atoms with Gasteiger partial charge in [0.2, 0.25) is 5.91 Å². The average molecular weight is 291 g/mol. The molecule has 0 aromatic heterocycles. The fourth-order valence-electron chi connectivity index (χ4n) is 3.17. The first kappa shape index (κ1) is 15.6. The van der Waals surface area contributed by atoms with Crippen LogP contribution in [0.4, 0.5) is 11.4 Å². The van der Waals surface area contributed by atoms with E-state index in [0.717, 1.165) is 12.8 Å². The molecule has 1 aliphatic rings. The first-order chi connectivity index (χ1) is 9.93. The molecule has 1 heterocycles. The molecule has 0 aliphatic carbocycles. The predicted molar refractivity (Wildman–Crippen MR) is 85.5 cm³/mol. The number of nitrogens with one attached hydrogen (secondary N) is 1. The van der Waals surface area contributed by atoms with E-state index in [0.29, 0.717) is 29.2 Å². The lowest BCUT2D eigenvalue weighted by molar-refractivity contribution is -0.121. The monoisotopic (exact) mass is 291 g/mol. The van der Waals surface area contributed by atoms with Gasteiger partial charge in [0.05, 0.1) is 18.8 Å². The highest BCUT2D eigenvalue weighted by Gasteiger charge is 2.34. The molecule has 1 aromatic rings. The minimum absolute atomic E-state index is 0.000154. The van der Waals surface area contributed by atoms with Gasteiger partial charge in [-0.2, -0.15) is 0 Å². The Balaban J connectivity index is 2.05. The standard InChI is InChI=1S/C16H25N3O2/c1-10-5-6-11(2)19(10)12(3)16(20)18-13-7-8-15(21-4)14(17)9-13/h7-12H,5-6,17H2,1-4H3,(H,18,20). The van der Waals surface area contributed by atoms with Crippen LogP contribution < -0.4 is 15.8 Å². The molecule has 0 radical (unpaired) electrons. The van der Waals surface area contributed by atoms with Crippen molar-refractivity contribution in [1.29, 1.82) is 0 Å². The maximum Gasteiger partial charge on any atom is 0.241 e. The number of nitrogens with two attached hydrogens (primary N) is 1. The number of carbonyl (C=O) groups excluding carboxylic acids is 1. The first-order valence-corrected chi connectivity index (χ1v) is 7.46. The van der Waals surface area contributed by atoms with Gasteiger partial charge in [0.15, 0.2) is 0 Å². The van der Waals surface area contributed by atoms with Crippen LogP contribution in [-0.4, -0.2) is 36.0 Å². The summed E-state index contributed by atoms with van der Waals surface area (Å²) < 4.78 is 5.12. The second-order valence-corrected chi connectivity index (χ2v) is 5.84. The maximum atomic E-state index is 12.4. The SMILES string of the molecule is COc1ccc(NC(=O)C(C)N2C(C)CCC2C)cc1N. The fourth-order valence-corrected chi connectivity index (χ4v) is 3.17. The number of rotatable bonds is 4. The zero-order valence-electron chi connectivity index (χ0n) is 13.2. The number of nitrogens with zero attached hydrogens (tertiary/aromatic N) is 1. The molecule has 3 atom stereocenters. The van der Waals surface area contributed by atoms with Crippen molar-refractivity contribution in [3.05, 3.63) is 18.2 Å². The van der Waals surface area contributed by atoms with Crippen molar-refractivity contribution in [2.24, 2.45) is 0 Å². The summed E-state index contributed by atoms with van der Waals surface area (Å²) in [6, 6.07) is 6.03. The van der Waals surface area contributed by atoms with Crippen molar-refractivity contribution in [2.45, 2.75) is 51.7 Å². The van der Waals surface area contributed by atoms with Crippen molar-refractivity contribution in [3.63, 3.8) is 0 Å². The topological polar surface area (TPSA) is 67.6 Å². The molecule has 1 aliphatic heterocycles. The summed E-state index contributed by atoms with van der Waals surface area (Å²) >= 11 is 0. The zero-order chi connectivity index (χ0) is 15.6. The lowest BCUT2D eigenvalue weighted by Gasteiger charge is -2.31. The number of hydrogen-bond donors (Lipinski definition) is 2. The van der Waals surface area contributed by atoms with Gasteiger partial charge >= 0.3 is 0 Å². The van der Waals surface area contributed by atoms with Crippen molar-refractivity contribution >= 4 is 17.3 Å². The number of benzene rings is 1. The number of methoxy groups -OCH3 is 1. The molecule has 2 rings (SSSR count). The van der Waals surface area contributed by atoms with Crippen LogP contribution in [0.2, 0.25) is 0 Å². The van der Waals surface area contributed by atoms with Crippen LogP contribution in [0, 0.1) is 0 Å². The lowest BCUT2D eigenvalue weighted by atomic mass is 10.2. The summed E-state index contributed by atoms with van der Waals surface area (Å²) in [6.45, 7) is 6.32. The number of anilines is 2. The van der Waals surface area contributed by atoms with Crippen molar-refractivity contribution in [2.75, 3.05) is 18.2 Å². The lowest BCUT2D eigenvalue weighted by Crippen LogP contribution is -2.46. The molecule has 0 bridgehead atoms. The molecule has 21 heavy (non-hydrogen) atoms. The number of nitrogen functional groups attached to an aromatic ring is 1. The van der Waals surface area contributed by atoms with Gasteiger partial charge in [0.1, 0.15) is 5.75 Å². The minimum Gasteiger partial charge on any atom is -0.495 e. The molecule has 1 aromatic carbocycles. The maximum absolute atomic E-state index is 12.4. The third kappa shape index (κ3) is 3.29. The van der Waals surface area contributed by atoms with E-state index in [1.54, 1.807) is 25.3 Å². The Hall–Kier alpha value is -1.75. The Bertz CT molecular complexity index is 508. The van der Waals surface area contributed by atoms with Crippen molar-refractivity contribution in [3.8, 4) is 5.75 Å². The molecule has 1 amide bonds. The summed E-state index contributed by atoms with van der Waals surface area (Å²) in [6.07, 6.45) is 2.29. The number of ether oxygens (including phenoxy) is 1. The highest BCUT2D eigenvalue weighted by molar-refractivity contribution is 5.95. The molecule has 0 spiro atoms. The highest BCUT2D eigenvalue weighted by atomic mass is 16.5. The molecule has 5 nitrogen and oxygen atoms in total. The van der Waals surface area contributed by atoms with Crippen LogP contribution in [0.15, 0.2) is 18.2 Å². The molecule has 5 heteroatoms. The molecule has 3 N–H and O–H groups in total. The summed E-state index contributed by atoms with van der Waals surface area (Å²) in [7, 11) is 1.57. The van der Waals surface area contributed by atoms with Crippen LogP contribution in [0.5, 0.6) is 5.75 Å². The second-order valence-electron chi connectivity index (χ2n) is 5.84. The average Bonchev–Trinajstić information content (AvgIpc) is 2.77. The summed E-state index contributed by atoms with van der Waals surface area (Å²) in [5.41, 5.74) is 7.08. The number of amides is 1. The van der Waals surface area contributed by atoms with Crippen LogP contribution in [0.3, 0.4) is 0 Å². The molecule has 3 unspecified atom stereocenters. The van der Waals surface area contributed by atoms with Crippen molar-refractivity contribution in [1.82, 2.24) is 4.90 Å². The van der Waals surface area contributed by atoms with E-state index < -0.39 is 0 Å². The van der Waals surface area contributed by atoms with Gasteiger partial charge in [-0.25, -0.2) is 0 Å². The fraction of sp³-hybridized carbons (Fsp3) is 0.562. The van der Waals surface area contributed by atoms with E-state index in [4.69, 9.17) is 10.5 Å². The summed E-state index contributed by atoms with van der Waals surface area (Å²) in [5.74, 6) is 0.614. The van der Waals surface area contributed by atoms with E-state index in [-0.39, 0.29) is 11.9 Å². The largest absolute Gasteiger partial charge is 0.495 e. The quantitative estimate of drug-likeness (QED) is 0.836. The Kier molecular flexibility index (Phi) is 4.73. The molecule has 0 saturated carbocycles. The van der Waals surface area contributed by atoms with Gasteiger partial charge in [0.25, 0.3) is 0 Å². The summed E-state index contributed by atoms with van der Waals surface area (Å²) in [5, 5.41) is 2.94. The van der Waals surface area contributed by atoms with E-state index in [9.17, 15) is 4.79 Å². The second kappa shape index (κ2) is 6.35. The summed E-state index contributed by atoms with van der Waals surface area (Å²) in [4.78, 5) is 14.7. The van der Waals surface area contributed by atoms with E-state index >= 15 is 0 Å². The van der Waals surface area contributed by atoms with E-state index in [1.165, 1.54) is 0 Å². The first-order valence-electron chi connectivity index (χ1n) is 7.46. The minimum atomic E-state index is -0.152. The Morgan fingerprint density at radius 3 is 2.52 bits per heavy atom. The smallest absolute Gasteiger partial charge is 0.241 e. The number of carbonyl (C=O) groups is 1. The zero-order valence-corrected chi connectivity index (χ0v) is 13.2. The number of hydrogen-bond acceptors (Lipinski definition) is 4. The normalized spacial score (nSPS) is 23.8. The Morgan fingerprint density at radius 2 is 2.00 bits per heavy atom. The molecule has 1 saturated heterocycles. The van der Waals surface area contributed by atoms with Gasteiger partial charge in [-0.15, -0.1) is 0 Å². The Morgan fingerprint density at radius 1 is 1.38 bits per heavy atom. The third-order valence-corrected chi connectivity index (χ3v) is 4.34. The predicted octanol–water partition coefficient (Wildman–Crippen LogP) is 2.48. The Labute approximate surface area is 126 Å². The van der Waals surface area contributed by atoms with Crippen LogP contribution in [-0.2, 0) is 4.79 Å². The van der Waals surface area contributed by atoms with Crippen LogP contribution >= 0.6 is 0 Å². The molecule has 116 valence electrons. The van der Waals surface area contributed by atoms with Gasteiger partial charge in [0, 0.05) is 17.8 Å². The van der Waals surface area contributed by atoms with Gasteiger partial charge in [-0.05, 0) is 51.8 Å². The van der Waals surface area contributed by atoms with E-state index in [2.05, 4.69) is 24.1 Å².